The monoisotopic (exact) mass is 289 g/mol. The minimum atomic E-state index is -0.365. The number of hydrogen-bond donors (Lipinski definition) is 0. The maximum atomic E-state index is 12.8. The number of ether oxygens (including phenoxy) is 2. The number of Topliss-reactive ketones (excluding diaryl/α,β-unsaturated/α-hetero) is 1. The number of ketones is 1. The van der Waals surface area contributed by atoms with Crippen LogP contribution in [-0.2, 0) is 4.74 Å². The molecule has 21 heavy (non-hydrogen) atoms. The minimum Gasteiger partial charge on any atom is -0.496 e. The highest BCUT2D eigenvalue weighted by Gasteiger charge is 2.36. The number of carbonyl (C=O) groups is 1. The van der Waals surface area contributed by atoms with Gasteiger partial charge in [0.15, 0.2) is 5.78 Å². The molecule has 2 aliphatic heterocycles. The van der Waals surface area contributed by atoms with E-state index in [0.717, 1.165) is 17.7 Å². The van der Waals surface area contributed by atoms with E-state index in [9.17, 15) is 4.79 Å². The summed E-state index contributed by atoms with van der Waals surface area (Å²) in [7, 11) is 1.62. The van der Waals surface area contributed by atoms with Crippen LogP contribution in [0.1, 0.15) is 34.3 Å². The number of rotatable bonds is 3. The zero-order valence-corrected chi connectivity index (χ0v) is 13.0. The topological polar surface area (TPSA) is 38.8 Å². The van der Waals surface area contributed by atoms with Crippen LogP contribution in [0.3, 0.4) is 0 Å². The molecule has 0 aliphatic carbocycles. The van der Waals surface area contributed by atoms with Gasteiger partial charge in [-0.05, 0) is 50.4 Å². The van der Waals surface area contributed by atoms with Crippen LogP contribution in [0.15, 0.2) is 12.1 Å². The molecular formula is C17H23NO3. The maximum Gasteiger partial charge on any atom is 0.196 e. The third-order valence-corrected chi connectivity index (χ3v) is 4.83. The summed E-state index contributed by atoms with van der Waals surface area (Å²) in [6.07, 6.45) is 2.03. The number of benzene rings is 1. The Bertz CT molecular complexity index is 555. The number of morpholine rings is 1. The lowest BCUT2D eigenvalue weighted by Crippen LogP contribution is -2.49. The molecule has 0 radical (unpaired) electrons. The lowest BCUT2D eigenvalue weighted by atomic mass is 9.98. The Balaban J connectivity index is 1.84. The molecule has 0 amide bonds. The number of hydrogen-bond acceptors (Lipinski definition) is 4. The van der Waals surface area contributed by atoms with Gasteiger partial charge in [-0.3, -0.25) is 9.69 Å². The number of fused-ring (bicyclic) bond motifs is 1. The molecule has 114 valence electrons. The summed E-state index contributed by atoms with van der Waals surface area (Å²) in [5.41, 5.74) is 2.80. The second kappa shape index (κ2) is 5.78. The average Bonchev–Trinajstić information content (AvgIpc) is 2.96. The number of aryl methyl sites for hydroxylation is 1. The van der Waals surface area contributed by atoms with Crippen molar-refractivity contribution < 1.29 is 14.3 Å². The van der Waals surface area contributed by atoms with Crippen molar-refractivity contribution in [2.45, 2.75) is 38.8 Å². The molecule has 1 aromatic carbocycles. The second-order valence-corrected chi connectivity index (χ2v) is 6.07. The normalized spacial score (nSPS) is 25.7. The van der Waals surface area contributed by atoms with Crippen LogP contribution in [0.4, 0.5) is 0 Å². The Morgan fingerprint density at radius 1 is 1.38 bits per heavy atom. The van der Waals surface area contributed by atoms with Gasteiger partial charge in [0.1, 0.15) is 11.9 Å². The Labute approximate surface area is 126 Å². The molecule has 4 nitrogen and oxygen atoms in total. The Kier molecular flexibility index (Phi) is 4.00. The van der Waals surface area contributed by atoms with Gasteiger partial charge in [-0.2, -0.15) is 0 Å². The van der Waals surface area contributed by atoms with Crippen LogP contribution in [-0.4, -0.2) is 49.6 Å². The molecule has 4 heteroatoms. The molecule has 0 aromatic heterocycles. The smallest absolute Gasteiger partial charge is 0.196 e. The highest BCUT2D eigenvalue weighted by Crippen LogP contribution is 2.30. The molecule has 2 saturated heterocycles. The van der Waals surface area contributed by atoms with Crippen LogP contribution in [0.5, 0.6) is 5.75 Å². The van der Waals surface area contributed by atoms with Gasteiger partial charge in [0, 0.05) is 12.6 Å². The molecule has 1 aromatic rings. The molecule has 0 bridgehead atoms. The fraction of sp³-hybridized carbons (Fsp3) is 0.588. The number of nitrogens with zero attached hydrogens (tertiary/aromatic N) is 1. The van der Waals surface area contributed by atoms with Crippen molar-refractivity contribution in [3.63, 3.8) is 0 Å². The standard InChI is InChI=1S/C17H23NO3/c1-11-6-7-14(17(20-3)12(11)2)16(19)15-9-18-8-4-5-13(18)10-21-15/h6-7,13,15H,4-5,8-10H2,1-3H3. The largest absolute Gasteiger partial charge is 0.496 e. The minimum absolute atomic E-state index is 0.0419. The summed E-state index contributed by atoms with van der Waals surface area (Å²) in [6.45, 7) is 6.48. The van der Waals surface area contributed by atoms with Crippen LogP contribution < -0.4 is 4.74 Å². The fourth-order valence-corrected chi connectivity index (χ4v) is 3.40. The SMILES string of the molecule is COc1c(C(=O)C2CN3CCCC3CO2)ccc(C)c1C. The Hall–Kier alpha value is -1.39. The van der Waals surface area contributed by atoms with E-state index in [-0.39, 0.29) is 11.9 Å². The first kappa shape index (κ1) is 14.5. The van der Waals surface area contributed by atoms with Gasteiger partial charge in [-0.1, -0.05) is 6.07 Å². The first-order valence-electron chi connectivity index (χ1n) is 7.66. The van der Waals surface area contributed by atoms with E-state index in [1.165, 1.54) is 12.8 Å². The van der Waals surface area contributed by atoms with Crippen molar-refractivity contribution in [2.75, 3.05) is 26.8 Å². The third kappa shape index (κ3) is 2.58. The van der Waals surface area contributed by atoms with Gasteiger partial charge in [0.05, 0.1) is 19.3 Å². The quantitative estimate of drug-likeness (QED) is 0.801. The predicted octanol–water partition coefficient (Wildman–Crippen LogP) is 2.36. The van der Waals surface area contributed by atoms with E-state index in [2.05, 4.69) is 4.90 Å². The summed E-state index contributed by atoms with van der Waals surface area (Å²) in [4.78, 5) is 15.2. The van der Waals surface area contributed by atoms with Crippen molar-refractivity contribution in [2.24, 2.45) is 0 Å². The molecule has 0 N–H and O–H groups in total. The van der Waals surface area contributed by atoms with E-state index in [4.69, 9.17) is 9.47 Å². The lowest BCUT2D eigenvalue weighted by molar-refractivity contribution is -0.0345. The average molecular weight is 289 g/mol. The van der Waals surface area contributed by atoms with Gasteiger partial charge >= 0.3 is 0 Å². The van der Waals surface area contributed by atoms with Crippen LogP contribution >= 0.6 is 0 Å². The molecule has 0 spiro atoms. The van der Waals surface area contributed by atoms with Gasteiger partial charge < -0.3 is 9.47 Å². The number of carbonyl (C=O) groups excluding carboxylic acids is 1. The highest BCUT2D eigenvalue weighted by atomic mass is 16.5. The molecule has 2 atom stereocenters. The molecule has 2 fully saturated rings. The summed E-state index contributed by atoms with van der Waals surface area (Å²) < 4.78 is 11.3. The Morgan fingerprint density at radius 2 is 2.19 bits per heavy atom. The van der Waals surface area contributed by atoms with Crippen molar-refractivity contribution >= 4 is 5.78 Å². The zero-order chi connectivity index (χ0) is 15.0. The van der Waals surface area contributed by atoms with Gasteiger partial charge in [-0.25, -0.2) is 0 Å². The molecule has 0 saturated carbocycles. The molecule has 2 unspecified atom stereocenters. The van der Waals surface area contributed by atoms with Gasteiger partial charge in [0.2, 0.25) is 0 Å². The predicted molar refractivity (Wildman–Crippen MR) is 81.1 cm³/mol. The summed E-state index contributed by atoms with van der Waals surface area (Å²) in [6, 6.07) is 4.35. The summed E-state index contributed by atoms with van der Waals surface area (Å²) in [5, 5.41) is 0. The maximum absolute atomic E-state index is 12.8. The van der Waals surface area contributed by atoms with E-state index in [1.54, 1.807) is 7.11 Å². The first-order chi connectivity index (χ1) is 10.1. The van der Waals surface area contributed by atoms with Gasteiger partial charge in [-0.15, -0.1) is 0 Å². The number of methoxy groups -OCH3 is 1. The van der Waals surface area contributed by atoms with E-state index in [0.29, 0.717) is 30.5 Å². The zero-order valence-electron chi connectivity index (χ0n) is 13.0. The second-order valence-electron chi connectivity index (χ2n) is 6.07. The van der Waals surface area contributed by atoms with Crippen LogP contribution in [0, 0.1) is 13.8 Å². The first-order valence-corrected chi connectivity index (χ1v) is 7.66. The van der Waals surface area contributed by atoms with E-state index < -0.39 is 0 Å². The molecule has 2 aliphatic rings. The molecule has 2 heterocycles. The van der Waals surface area contributed by atoms with E-state index >= 15 is 0 Å². The lowest BCUT2D eigenvalue weighted by Gasteiger charge is -2.34. The van der Waals surface area contributed by atoms with Crippen molar-refractivity contribution in [3.8, 4) is 5.75 Å². The summed E-state index contributed by atoms with van der Waals surface area (Å²) in [5.74, 6) is 0.729. The molecule has 3 rings (SSSR count). The Morgan fingerprint density at radius 3 is 2.95 bits per heavy atom. The highest BCUT2D eigenvalue weighted by molar-refractivity contribution is 6.02. The van der Waals surface area contributed by atoms with Crippen molar-refractivity contribution in [1.29, 1.82) is 0 Å². The van der Waals surface area contributed by atoms with Gasteiger partial charge in [0.25, 0.3) is 0 Å². The van der Waals surface area contributed by atoms with Crippen LogP contribution in [0.2, 0.25) is 0 Å². The molecular weight excluding hydrogens is 266 g/mol. The summed E-state index contributed by atoms with van der Waals surface area (Å²) >= 11 is 0. The van der Waals surface area contributed by atoms with Crippen molar-refractivity contribution in [1.82, 2.24) is 4.90 Å². The van der Waals surface area contributed by atoms with Crippen molar-refractivity contribution in [3.05, 3.63) is 28.8 Å². The van der Waals surface area contributed by atoms with Crippen LogP contribution in [0.25, 0.3) is 0 Å². The van der Waals surface area contributed by atoms with E-state index in [1.807, 2.05) is 26.0 Å². The third-order valence-electron chi connectivity index (χ3n) is 4.83. The fourth-order valence-electron chi connectivity index (χ4n) is 3.40.